The third-order valence-corrected chi connectivity index (χ3v) is 3.57. The third-order valence-electron chi connectivity index (χ3n) is 3.57. The van der Waals surface area contributed by atoms with Crippen molar-refractivity contribution in [1.82, 2.24) is 14.3 Å². The average Bonchev–Trinajstić information content (AvgIpc) is 2.68. The van der Waals surface area contributed by atoms with Crippen LogP contribution >= 0.6 is 0 Å². The molecule has 3 heterocycles. The van der Waals surface area contributed by atoms with Crippen LogP contribution in [0.3, 0.4) is 0 Å². The molecule has 108 valence electrons. The van der Waals surface area contributed by atoms with Gasteiger partial charge in [-0.15, -0.1) is 0 Å². The second kappa shape index (κ2) is 6.35. The SMILES string of the molecule is CN(Cc1cnc2ccccn12)CC1COCCOC1. The van der Waals surface area contributed by atoms with Crippen molar-refractivity contribution in [2.45, 2.75) is 6.54 Å². The van der Waals surface area contributed by atoms with Crippen LogP contribution in [0.15, 0.2) is 30.6 Å². The Balaban J connectivity index is 1.62. The van der Waals surface area contributed by atoms with Crippen LogP contribution in [0.5, 0.6) is 0 Å². The van der Waals surface area contributed by atoms with Gasteiger partial charge in [-0.25, -0.2) is 4.98 Å². The molecule has 0 radical (unpaired) electrons. The van der Waals surface area contributed by atoms with Crippen molar-refractivity contribution in [3.63, 3.8) is 0 Å². The summed E-state index contributed by atoms with van der Waals surface area (Å²) in [6, 6.07) is 6.07. The van der Waals surface area contributed by atoms with Gasteiger partial charge < -0.3 is 18.8 Å². The summed E-state index contributed by atoms with van der Waals surface area (Å²) < 4.78 is 13.2. The number of hydrogen-bond donors (Lipinski definition) is 0. The van der Waals surface area contributed by atoms with E-state index in [0.717, 1.165) is 32.0 Å². The molecule has 0 bridgehead atoms. The van der Waals surface area contributed by atoms with Gasteiger partial charge in [-0.2, -0.15) is 0 Å². The van der Waals surface area contributed by atoms with Crippen molar-refractivity contribution in [1.29, 1.82) is 0 Å². The first kappa shape index (κ1) is 13.5. The van der Waals surface area contributed by atoms with Gasteiger partial charge in [0.05, 0.1) is 38.3 Å². The molecule has 0 aromatic carbocycles. The van der Waals surface area contributed by atoms with E-state index in [-0.39, 0.29) is 0 Å². The molecular formula is C15H21N3O2. The second-order valence-corrected chi connectivity index (χ2v) is 5.39. The lowest BCUT2D eigenvalue weighted by Crippen LogP contribution is -2.30. The van der Waals surface area contributed by atoms with E-state index < -0.39 is 0 Å². The molecule has 1 aliphatic rings. The number of nitrogens with zero attached hydrogens (tertiary/aromatic N) is 3. The Kier molecular flexibility index (Phi) is 4.30. The molecule has 5 heteroatoms. The first-order chi connectivity index (χ1) is 9.83. The Morgan fingerprint density at radius 2 is 2.10 bits per heavy atom. The molecule has 0 saturated carbocycles. The highest BCUT2D eigenvalue weighted by Crippen LogP contribution is 2.11. The monoisotopic (exact) mass is 275 g/mol. The number of fused-ring (bicyclic) bond motifs is 1. The van der Waals surface area contributed by atoms with Gasteiger partial charge in [-0.3, -0.25) is 0 Å². The zero-order valence-corrected chi connectivity index (χ0v) is 11.9. The maximum absolute atomic E-state index is 5.54. The Labute approximate surface area is 119 Å². The molecule has 0 aliphatic carbocycles. The summed E-state index contributed by atoms with van der Waals surface area (Å²) in [5, 5.41) is 0. The third kappa shape index (κ3) is 3.17. The average molecular weight is 275 g/mol. The van der Waals surface area contributed by atoms with Gasteiger partial charge in [0.25, 0.3) is 0 Å². The van der Waals surface area contributed by atoms with E-state index in [4.69, 9.17) is 9.47 Å². The van der Waals surface area contributed by atoms with Crippen LogP contribution in [0.4, 0.5) is 0 Å². The Bertz CT molecular complexity index is 547. The number of ether oxygens (including phenoxy) is 2. The van der Waals surface area contributed by atoms with E-state index in [1.165, 1.54) is 5.69 Å². The maximum atomic E-state index is 5.54. The van der Waals surface area contributed by atoms with E-state index in [9.17, 15) is 0 Å². The summed E-state index contributed by atoms with van der Waals surface area (Å²) in [4.78, 5) is 6.73. The highest BCUT2D eigenvalue weighted by molar-refractivity contribution is 5.39. The molecule has 0 N–H and O–H groups in total. The first-order valence-corrected chi connectivity index (χ1v) is 7.08. The number of rotatable bonds is 4. The quantitative estimate of drug-likeness (QED) is 0.846. The summed E-state index contributed by atoms with van der Waals surface area (Å²) in [6.45, 7) is 4.86. The van der Waals surface area contributed by atoms with Crippen LogP contribution in [0, 0.1) is 5.92 Å². The molecule has 2 aromatic heterocycles. The largest absolute Gasteiger partial charge is 0.379 e. The van der Waals surface area contributed by atoms with Crippen LogP contribution in [0.1, 0.15) is 5.69 Å². The minimum Gasteiger partial charge on any atom is -0.379 e. The van der Waals surface area contributed by atoms with Crippen molar-refractivity contribution in [3.05, 3.63) is 36.3 Å². The van der Waals surface area contributed by atoms with Gasteiger partial charge in [-0.05, 0) is 19.2 Å². The summed E-state index contributed by atoms with van der Waals surface area (Å²) in [5.41, 5.74) is 2.20. The van der Waals surface area contributed by atoms with Gasteiger partial charge in [0.1, 0.15) is 5.65 Å². The van der Waals surface area contributed by atoms with E-state index in [0.29, 0.717) is 19.1 Å². The molecule has 1 fully saturated rings. The number of pyridine rings is 1. The van der Waals surface area contributed by atoms with E-state index in [2.05, 4.69) is 27.5 Å². The van der Waals surface area contributed by atoms with Crippen molar-refractivity contribution in [3.8, 4) is 0 Å². The molecule has 0 amide bonds. The maximum Gasteiger partial charge on any atom is 0.136 e. The topological polar surface area (TPSA) is 39.0 Å². The van der Waals surface area contributed by atoms with Crippen molar-refractivity contribution >= 4 is 5.65 Å². The minimum absolute atomic E-state index is 0.446. The van der Waals surface area contributed by atoms with Gasteiger partial charge in [-0.1, -0.05) is 6.07 Å². The fourth-order valence-corrected chi connectivity index (χ4v) is 2.66. The van der Waals surface area contributed by atoms with Crippen molar-refractivity contribution in [2.24, 2.45) is 5.92 Å². The molecule has 3 rings (SSSR count). The van der Waals surface area contributed by atoms with Crippen LogP contribution in [0.25, 0.3) is 5.65 Å². The van der Waals surface area contributed by atoms with Crippen LogP contribution in [-0.2, 0) is 16.0 Å². The first-order valence-electron chi connectivity index (χ1n) is 7.08. The summed E-state index contributed by atoms with van der Waals surface area (Å²) >= 11 is 0. The van der Waals surface area contributed by atoms with Crippen LogP contribution < -0.4 is 0 Å². The van der Waals surface area contributed by atoms with E-state index >= 15 is 0 Å². The Morgan fingerprint density at radius 3 is 2.90 bits per heavy atom. The predicted octanol–water partition coefficient (Wildman–Crippen LogP) is 1.43. The lowest BCUT2D eigenvalue weighted by molar-refractivity contribution is 0.103. The molecule has 0 spiro atoms. The van der Waals surface area contributed by atoms with Gasteiger partial charge in [0, 0.05) is 25.2 Å². The molecule has 1 aliphatic heterocycles. The number of aromatic nitrogens is 2. The van der Waals surface area contributed by atoms with Crippen LogP contribution in [0.2, 0.25) is 0 Å². The molecule has 0 atom stereocenters. The van der Waals surface area contributed by atoms with Crippen molar-refractivity contribution < 1.29 is 9.47 Å². The Hall–Kier alpha value is -1.43. The van der Waals surface area contributed by atoms with E-state index in [1.807, 2.05) is 24.4 Å². The molecule has 0 unspecified atom stereocenters. The van der Waals surface area contributed by atoms with Gasteiger partial charge in [0.2, 0.25) is 0 Å². The standard InChI is InChI=1S/C15H21N3O2/c1-17(9-13-11-19-6-7-20-12-13)10-14-8-16-15-4-2-3-5-18(14)15/h2-5,8,13H,6-7,9-12H2,1H3. The molecule has 20 heavy (non-hydrogen) atoms. The normalized spacial score (nSPS) is 17.7. The predicted molar refractivity (Wildman–Crippen MR) is 76.7 cm³/mol. The Morgan fingerprint density at radius 1 is 1.30 bits per heavy atom. The highest BCUT2D eigenvalue weighted by atomic mass is 16.5. The van der Waals surface area contributed by atoms with Gasteiger partial charge in [0.15, 0.2) is 0 Å². The number of hydrogen-bond acceptors (Lipinski definition) is 4. The molecule has 1 saturated heterocycles. The molecule has 5 nitrogen and oxygen atoms in total. The summed E-state index contributed by atoms with van der Waals surface area (Å²) in [6.07, 6.45) is 4.01. The fraction of sp³-hybridized carbons (Fsp3) is 0.533. The lowest BCUT2D eigenvalue weighted by Gasteiger charge is -2.22. The van der Waals surface area contributed by atoms with Gasteiger partial charge >= 0.3 is 0 Å². The molecular weight excluding hydrogens is 254 g/mol. The fourth-order valence-electron chi connectivity index (χ4n) is 2.66. The summed E-state index contributed by atoms with van der Waals surface area (Å²) in [7, 11) is 2.13. The van der Waals surface area contributed by atoms with E-state index in [1.54, 1.807) is 0 Å². The van der Waals surface area contributed by atoms with Crippen LogP contribution in [-0.4, -0.2) is 54.3 Å². The summed E-state index contributed by atoms with van der Waals surface area (Å²) in [5.74, 6) is 0.446. The van der Waals surface area contributed by atoms with Crippen molar-refractivity contribution in [2.75, 3.05) is 40.0 Å². The second-order valence-electron chi connectivity index (χ2n) is 5.39. The molecule has 2 aromatic rings. The number of imidazole rings is 1. The zero-order valence-electron chi connectivity index (χ0n) is 11.9. The highest BCUT2D eigenvalue weighted by Gasteiger charge is 2.16. The minimum atomic E-state index is 0.446. The lowest BCUT2D eigenvalue weighted by atomic mass is 10.1. The zero-order chi connectivity index (χ0) is 13.8. The smallest absolute Gasteiger partial charge is 0.136 e.